The summed E-state index contributed by atoms with van der Waals surface area (Å²) in [7, 11) is 0. The molecule has 0 aliphatic heterocycles. The summed E-state index contributed by atoms with van der Waals surface area (Å²) in [5.74, 6) is -2.14. The highest BCUT2D eigenvalue weighted by atomic mass is 127. The van der Waals surface area contributed by atoms with Gasteiger partial charge in [-0.3, -0.25) is 4.79 Å². The maximum absolute atomic E-state index is 13.5. The molecule has 1 N–H and O–H groups in total. The number of carboxylic acid groups (broad SMARTS) is 1. The average Bonchev–Trinajstić information content (AvgIpc) is 2.91. The van der Waals surface area contributed by atoms with Crippen molar-refractivity contribution in [1.29, 1.82) is 0 Å². The van der Waals surface area contributed by atoms with Crippen LogP contribution in [-0.4, -0.2) is 24.4 Å². The van der Waals surface area contributed by atoms with Gasteiger partial charge in [-0.25, -0.2) is 0 Å². The molecule has 0 amide bonds. The Morgan fingerprint density at radius 3 is 2.62 bits per heavy atom. The minimum absolute atomic E-state index is 0.309. The summed E-state index contributed by atoms with van der Waals surface area (Å²) in [5.41, 5.74) is 0.981. The lowest BCUT2D eigenvalue weighted by Gasteiger charge is -2.12. The number of carboxylic acids is 1. The standard InChI is InChI=1S/C14H13Cl2F2IO2/c1-13(16)10(11(13)12(20)21)8-3-7(4-9(15)5-8)6-14(17,18)19-2/h3-5,10-11H,2,6H2,1H3,(H,20,21). The molecule has 0 bridgehead atoms. The van der Waals surface area contributed by atoms with Crippen LogP contribution in [0, 0.1) is 5.92 Å². The van der Waals surface area contributed by atoms with Crippen LogP contribution < -0.4 is 0 Å². The topological polar surface area (TPSA) is 37.3 Å². The van der Waals surface area contributed by atoms with Crippen molar-refractivity contribution < 1.29 is 18.7 Å². The molecule has 116 valence electrons. The van der Waals surface area contributed by atoms with Gasteiger partial charge in [0.2, 0.25) is 0 Å². The van der Waals surface area contributed by atoms with Crippen LogP contribution in [0.2, 0.25) is 5.02 Å². The van der Waals surface area contributed by atoms with Gasteiger partial charge in [0.05, 0.1) is 10.8 Å². The number of hydrogen-bond acceptors (Lipinski definition) is 1. The Kier molecular flexibility index (Phi) is 4.67. The summed E-state index contributed by atoms with van der Waals surface area (Å²) >= 11 is 10.7. The fraction of sp³-hybridized carbons (Fsp3) is 0.429. The van der Waals surface area contributed by atoms with Crippen LogP contribution in [-0.2, 0) is 11.2 Å². The lowest BCUT2D eigenvalue weighted by molar-refractivity contribution is -0.138. The third-order valence-corrected chi connectivity index (χ3v) is 5.83. The second-order valence-corrected chi connectivity index (χ2v) is 8.86. The number of aliphatic carboxylic acids is 1. The van der Waals surface area contributed by atoms with Crippen LogP contribution in [0.1, 0.15) is 24.0 Å². The van der Waals surface area contributed by atoms with Crippen LogP contribution >= 0.6 is 43.9 Å². The maximum Gasteiger partial charge on any atom is 0.308 e. The minimum Gasteiger partial charge on any atom is -0.481 e. The summed E-state index contributed by atoms with van der Waals surface area (Å²) in [6.45, 7) is 1.63. The highest BCUT2D eigenvalue weighted by Crippen LogP contribution is 2.62. The van der Waals surface area contributed by atoms with E-state index in [1.165, 1.54) is 6.07 Å². The van der Waals surface area contributed by atoms with E-state index in [4.69, 9.17) is 28.3 Å². The molecular formula is C14H13Cl2F2IO2. The molecule has 21 heavy (non-hydrogen) atoms. The largest absolute Gasteiger partial charge is 0.481 e. The molecule has 2 rings (SSSR count). The predicted octanol–water partition coefficient (Wildman–Crippen LogP) is 4.67. The number of alkyl halides is 4. The van der Waals surface area contributed by atoms with Crippen molar-refractivity contribution in [2.24, 2.45) is 5.92 Å². The zero-order chi connectivity index (χ0) is 16.0. The van der Waals surface area contributed by atoms with Gasteiger partial charge in [0.1, 0.15) is 0 Å². The molecule has 0 saturated heterocycles. The number of halogens is 5. The summed E-state index contributed by atoms with van der Waals surface area (Å²) < 4.78 is 27.5. The van der Waals surface area contributed by atoms with Gasteiger partial charge in [-0.1, -0.05) is 42.9 Å². The molecule has 0 heterocycles. The van der Waals surface area contributed by atoms with Crippen molar-refractivity contribution >= 4 is 54.4 Å². The Hall–Kier alpha value is -0.270. The van der Waals surface area contributed by atoms with Gasteiger partial charge in [0, 0.05) is 17.4 Å². The third kappa shape index (κ3) is 3.56. The van der Waals surface area contributed by atoms with E-state index >= 15 is 0 Å². The van der Waals surface area contributed by atoms with E-state index in [-0.39, 0.29) is 0 Å². The van der Waals surface area contributed by atoms with E-state index in [0.29, 0.717) is 16.1 Å². The first-order valence-electron chi connectivity index (χ1n) is 6.07. The molecule has 0 spiro atoms. The van der Waals surface area contributed by atoms with E-state index in [2.05, 4.69) is 4.51 Å². The second kappa shape index (κ2) is 5.74. The van der Waals surface area contributed by atoms with E-state index in [1.54, 1.807) is 19.1 Å². The molecule has 1 aromatic carbocycles. The van der Waals surface area contributed by atoms with E-state index in [9.17, 15) is 13.6 Å². The molecule has 1 aromatic rings. The van der Waals surface area contributed by atoms with Crippen molar-refractivity contribution in [1.82, 2.24) is 0 Å². The molecular weight excluding hydrogens is 436 g/mol. The Bertz CT molecular complexity index is 605. The van der Waals surface area contributed by atoms with Crippen molar-refractivity contribution in [3.8, 4) is 0 Å². The Morgan fingerprint density at radius 2 is 2.14 bits per heavy atom. The molecule has 2 nitrogen and oxygen atoms in total. The zero-order valence-electron chi connectivity index (χ0n) is 11.0. The van der Waals surface area contributed by atoms with E-state index < -0.39 is 53.8 Å². The van der Waals surface area contributed by atoms with Crippen LogP contribution in [0.25, 0.3) is 0 Å². The maximum atomic E-state index is 13.5. The quantitative estimate of drug-likeness (QED) is 0.524. The van der Waals surface area contributed by atoms with Gasteiger partial charge in [0.25, 0.3) is 3.93 Å². The Morgan fingerprint density at radius 1 is 1.52 bits per heavy atom. The average molecular weight is 449 g/mol. The number of carbonyl (C=O) groups is 1. The van der Waals surface area contributed by atoms with Crippen molar-refractivity contribution in [3.63, 3.8) is 0 Å². The monoisotopic (exact) mass is 448 g/mol. The lowest BCUT2D eigenvalue weighted by atomic mass is 10.0. The van der Waals surface area contributed by atoms with Crippen LogP contribution in [0.5, 0.6) is 0 Å². The number of benzene rings is 1. The van der Waals surface area contributed by atoms with Crippen LogP contribution in [0.15, 0.2) is 18.2 Å². The predicted molar refractivity (Wildman–Crippen MR) is 89.4 cm³/mol. The molecule has 3 atom stereocenters. The van der Waals surface area contributed by atoms with Crippen LogP contribution in [0.4, 0.5) is 8.78 Å². The Labute approximate surface area is 141 Å². The molecule has 1 saturated carbocycles. The van der Waals surface area contributed by atoms with Crippen molar-refractivity contribution in [3.05, 3.63) is 34.3 Å². The molecule has 0 radical (unpaired) electrons. The van der Waals surface area contributed by atoms with Crippen molar-refractivity contribution in [2.45, 2.75) is 28.1 Å². The molecule has 1 aliphatic carbocycles. The molecule has 0 aromatic heterocycles. The van der Waals surface area contributed by atoms with Gasteiger partial charge in [-0.05, 0) is 30.2 Å². The normalized spacial score (nSPS) is 28.4. The highest BCUT2D eigenvalue weighted by Gasteiger charge is 2.65. The summed E-state index contributed by atoms with van der Waals surface area (Å²) in [6.07, 6.45) is -0.430. The summed E-state index contributed by atoms with van der Waals surface area (Å²) in [5, 5.41) is 9.45. The van der Waals surface area contributed by atoms with Gasteiger partial charge in [-0.2, -0.15) is 8.78 Å². The van der Waals surface area contributed by atoms with E-state index in [1.807, 2.05) is 0 Å². The molecule has 1 aliphatic rings. The first kappa shape index (κ1) is 17.1. The van der Waals surface area contributed by atoms with E-state index in [0.717, 1.165) is 0 Å². The lowest BCUT2D eigenvalue weighted by Crippen LogP contribution is -2.10. The number of hydrogen-bond donors (Lipinski definition) is 1. The zero-order valence-corrected chi connectivity index (χ0v) is 14.7. The first-order valence-corrected chi connectivity index (χ1v) is 9.43. The van der Waals surface area contributed by atoms with Gasteiger partial charge < -0.3 is 5.11 Å². The SMILES string of the molecule is C=IC(F)(F)Cc1cc(Cl)cc(C2C(C(=O)O)C2(C)Cl)c1. The fourth-order valence-electron chi connectivity index (χ4n) is 2.62. The smallest absolute Gasteiger partial charge is 0.308 e. The fourth-order valence-corrected chi connectivity index (χ4v) is 4.00. The summed E-state index contributed by atoms with van der Waals surface area (Å²) in [6, 6.07) is 4.65. The second-order valence-electron chi connectivity index (χ2n) is 5.26. The molecule has 3 unspecified atom stereocenters. The third-order valence-electron chi connectivity index (χ3n) is 3.65. The van der Waals surface area contributed by atoms with Gasteiger partial charge in [0.15, 0.2) is 0 Å². The van der Waals surface area contributed by atoms with Crippen LogP contribution in [0.3, 0.4) is 0 Å². The minimum atomic E-state index is -2.80. The summed E-state index contributed by atoms with van der Waals surface area (Å²) in [4.78, 5) is 10.3. The number of rotatable bonds is 5. The first-order chi connectivity index (χ1) is 9.58. The molecule has 1 fully saturated rings. The van der Waals surface area contributed by atoms with Crippen molar-refractivity contribution in [2.75, 3.05) is 0 Å². The van der Waals surface area contributed by atoms with Gasteiger partial charge >= 0.3 is 5.97 Å². The Balaban J connectivity index is 2.33. The van der Waals surface area contributed by atoms with Gasteiger partial charge in [-0.15, -0.1) is 11.6 Å². The highest BCUT2D eigenvalue weighted by molar-refractivity contribution is 14.2. The molecule has 7 heteroatoms.